The van der Waals surface area contributed by atoms with Gasteiger partial charge in [-0.1, -0.05) is 6.92 Å². The molecule has 6 nitrogen and oxygen atoms in total. The third-order valence-electron chi connectivity index (χ3n) is 3.96. The summed E-state index contributed by atoms with van der Waals surface area (Å²) in [6.07, 6.45) is 1.15. The van der Waals surface area contributed by atoms with Crippen molar-refractivity contribution in [3.05, 3.63) is 0 Å². The highest BCUT2D eigenvalue weighted by Crippen LogP contribution is 2.22. The number of rotatable bonds is 2. The van der Waals surface area contributed by atoms with Gasteiger partial charge in [-0.2, -0.15) is 0 Å². The summed E-state index contributed by atoms with van der Waals surface area (Å²) in [7, 11) is 0. The molecule has 0 aromatic rings. The summed E-state index contributed by atoms with van der Waals surface area (Å²) in [5.41, 5.74) is -0.513. The van der Waals surface area contributed by atoms with Crippen LogP contribution in [0.3, 0.4) is 0 Å². The highest BCUT2D eigenvalue weighted by molar-refractivity contribution is 5.77. The zero-order chi connectivity index (χ0) is 15.6. The molecule has 0 aromatic heterocycles. The van der Waals surface area contributed by atoms with Gasteiger partial charge in [-0.05, 0) is 33.1 Å². The molecule has 2 aliphatic rings. The number of hydrogen-bond acceptors (Lipinski definition) is 4. The number of nitrogens with one attached hydrogen (secondary N) is 2. The van der Waals surface area contributed by atoms with Crippen LogP contribution in [-0.2, 0) is 9.53 Å². The zero-order valence-electron chi connectivity index (χ0n) is 13.4. The summed E-state index contributed by atoms with van der Waals surface area (Å²) in [5.74, 6) is 0.711. The van der Waals surface area contributed by atoms with Gasteiger partial charge in [0.2, 0.25) is 5.91 Å². The molecule has 2 N–H and O–H groups in total. The Kier molecular flexibility index (Phi) is 4.76. The number of likely N-dealkylation sites (tertiary alicyclic amines) is 1. The first kappa shape index (κ1) is 16.1. The van der Waals surface area contributed by atoms with Crippen molar-refractivity contribution in [1.82, 2.24) is 15.5 Å². The van der Waals surface area contributed by atoms with Gasteiger partial charge in [-0.3, -0.25) is 4.79 Å². The van der Waals surface area contributed by atoms with Crippen LogP contribution < -0.4 is 10.6 Å². The van der Waals surface area contributed by atoms with Crippen molar-refractivity contribution >= 4 is 12.0 Å². The van der Waals surface area contributed by atoms with E-state index in [-0.39, 0.29) is 18.0 Å². The normalized spacial score (nSPS) is 30.4. The van der Waals surface area contributed by atoms with Crippen LogP contribution in [0.1, 0.15) is 40.5 Å². The van der Waals surface area contributed by atoms with Crippen molar-refractivity contribution in [2.24, 2.45) is 5.92 Å². The lowest BCUT2D eigenvalue weighted by molar-refractivity contribution is -0.137. The molecular weight excluding hydrogens is 270 g/mol. The van der Waals surface area contributed by atoms with Crippen LogP contribution in [0.15, 0.2) is 0 Å². The minimum atomic E-state index is -0.513. The molecule has 2 heterocycles. The van der Waals surface area contributed by atoms with Crippen LogP contribution in [0.25, 0.3) is 0 Å². The lowest BCUT2D eigenvalue weighted by Gasteiger charge is -2.38. The molecule has 0 spiro atoms. The second-order valence-electron chi connectivity index (χ2n) is 7.17. The Morgan fingerprint density at radius 3 is 2.76 bits per heavy atom. The monoisotopic (exact) mass is 297 g/mol. The third-order valence-corrected chi connectivity index (χ3v) is 3.96. The Balaban J connectivity index is 1.96. The van der Waals surface area contributed by atoms with Crippen molar-refractivity contribution in [3.8, 4) is 0 Å². The lowest BCUT2D eigenvalue weighted by Crippen LogP contribution is -2.56. The molecule has 1 unspecified atom stereocenters. The summed E-state index contributed by atoms with van der Waals surface area (Å²) >= 11 is 0. The van der Waals surface area contributed by atoms with Crippen molar-refractivity contribution in [2.75, 3.05) is 19.6 Å². The van der Waals surface area contributed by atoms with E-state index in [4.69, 9.17) is 4.74 Å². The van der Waals surface area contributed by atoms with Crippen molar-refractivity contribution in [1.29, 1.82) is 0 Å². The molecule has 0 radical (unpaired) electrons. The van der Waals surface area contributed by atoms with Gasteiger partial charge in [-0.25, -0.2) is 4.79 Å². The molecule has 21 heavy (non-hydrogen) atoms. The first-order chi connectivity index (χ1) is 9.76. The van der Waals surface area contributed by atoms with Gasteiger partial charge in [0.15, 0.2) is 0 Å². The molecule has 2 aliphatic heterocycles. The van der Waals surface area contributed by atoms with Crippen LogP contribution in [0.5, 0.6) is 0 Å². The number of carbonyl (C=O) groups is 2. The molecule has 6 heteroatoms. The minimum absolute atomic E-state index is 0.0211. The standard InChI is InChI=1S/C15H27N3O3/c1-10-5-6-13(19)18(9-10)12-8-16-7-11(12)17-14(20)21-15(2,3)4/h10-12,16H,5-9H2,1-4H3,(H,17,20)/t10?,11-,12-/m0/s1. The van der Waals surface area contributed by atoms with Crippen molar-refractivity contribution < 1.29 is 14.3 Å². The smallest absolute Gasteiger partial charge is 0.407 e. The van der Waals surface area contributed by atoms with Gasteiger partial charge in [0.25, 0.3) is 0 Å². The maximum atomic E-state index is 12.1. The number of alkyl carbamates (subject to hydrolysis) is 1. The van der Waals surface area contributed by atoms with E-state index >= 15 is 0 Å². The number of hydrogen-bond donors (Lipinski definition) is 2. The molecule has 2 saturated heterocycles. The average molecular weight is 297 g/mol. The number of amides is 2. The van der Waals surface area contributed by atoms with E-state index < -0.39 is 11.7 Å². The lowest BCUT2D eigenvalue weighted by atomic mass is 9.97. The maximum Gasteiger partial charge on any atom is 0.407 e. The van der Waals surface area contributed by atoms with Crippen molar-refractivity contribution in [3.63, 3.8) is 0 Å². The first-order valence-electron chi connectivity index (χ1n) is 7.76. The SMILES string of the molecule is CC1CCC(=O)N([C@H]2CNC[C@@H]2NC(=O)OC(C)(C)C)C1. The highest BCUT2D eigenvalue weighted by Gasteiger charge is 2.38. The molecule has 3 atom stereocenters. The van der Waals surface area contributed by atoms with E-state index in [9.17, 15) is 9.59 Å². The van der Waals surface area contributed by atoms with Crippen LogP contribution in [0.2, 0.25) is 0 Å². The molecule has 2 fully saturated rings. The van der Waals surface area contributed by atoms with Crippen molar-refractivity contribution in [2.45, 2.75) is 58.2 Å². The predicted molar refractivity (Wildman–Crippen MR) is 79.9 cm³/mol. The molecular formula is C15H27N3O3. The molecule has 0 saturated carbocycles. The number of nitrogens with zero attached hydrogens (tertiary/aromatic N) is 1. The van der Waals surface area contributed by atoms with E-state index in [2.05, 4.69) is 17.6 Å². The van der Waals surface area contributed by atoms with E-state index in [1.54, 1.807) is 0 Å². The fourth-order valence-corrected chi connectivity index (χ4v) is 2.96. The fraction of sp³-hybridized carbons (Fsp3) is 0.867. The Labute approximate surface area is 126 Å². The summed E-state index contributed by atoms with van der Waals surface area (Å²) in [4.78, 5) is 26.0. The summed E-state index contributed by atoms with van der Waals surface area (Å²) in [5, 5.41) is 6.16. The van der Waals surface area contributed by atoms with Gasteiger partial charge in [0, 0.05) is 26.1 Å². The summed E-state index contributed by atoms with van der Waals surface area (Å²) < 4.78 is 5.30. The molecule has 2 rings (SSSR count). The minimum Gasteiger partial charge on any atom is -0.444 e. The largest absolute Gasteiger partial charge is 0.444 e. The summed E-state index contributed by atoms with van der Waals surface area (Å²) in [6.45, 7) is 9.85. The Bertz CT molecular complexity index is 405. The summed E-state index contributed by atoms with van der Waals surface area (Å²) in [6, 6.07) is -0.0677. The van der Waals surface area contributed by atoms with E-state index in [1.165, 1.54) is 0 Å². The van der Waals surface area contributed by atoms with Crippen LogP contribution in [0, 0.1) is 5.92 Å². The maximum absolute atomic E-state index is 12.1. The van der Waals surface area contributed by atoms with Crippen LogP contribution in [-0.4, -0.2) is 54.2 Å². The average Bonchev–Trinajstić information content (AvgIpc) is 2.77. The third kappa shape index (κ3) is 4.33. The van der Waals surface area contributed by atoms with E-state index in [0.717, 1.165) is 19.5 Å². The molecule has 0 aromatic carbocycles. The number of ether oxygens (including phenoxy) is 1. The fourth-order valence-electron chi connectivity index (χ4n) is 2.96. The number of piperidine rings is 1. The predicted octanol–water partition coefficient (Wildman–Crippen LogP) is 1.11. The zero-order valence-corrected chi connectivity index (χ0v) is 13.4. The molecule has 0 bridgehead atoms. The first-order valence-corrected chi connectivity index (χ1v) is 7.76. The molecule has 0 aliphatic carbocycles. The second-order valence-corrected chi connectivity index (χ2v) is 7.17. The van der Waals surface area contributed by atoms with Gasteiger partial charge in [0.1, 0.15) is 5.60 Å². The van der Waals surface area contributed by atoms with Crippen LogP contribution in [0.4, 0.5) is 4.79 Å². The molecule has 120 valence electrons. The Morgan fingerprint density at radius 2 is 2.10 bits per heavy atom. The Morgan fingerprint density at radius 1 is 1.38 bits per heavy atom. The number of carbonyl (C=O) groups excluding carboxylic acids is 2. The van der Waals surface area contributed by atoms with Crippen LogP contribution >= 0.6 is 0 Å². The highest BCUT2D eigenvalue weighted by atomic mass is 16.6. The van der Waals surface area contributed by atoms with Gasteiger partial charge in [-0.15, -0.1) is 0 Å². The molecule has 2 amide bonds. The van der Waals surface area contributed by atoms with E-state index in [0.29, 0.717) is 18.9 Å². The van der Waals surface area contributed by atoms with Gasteiger partial charge >= 0.3 is 6.09 Å². The van der Waals surface area contributed by atoms with Gasteiger partial charge < -0.3 is 20.3 Å². The Hall–Kier alpha value is -1.30. The topological polar surface area (TPSA) is 70.7 Å². The quantitative estimate of drug-likeness (QED) is 0.801. The second kappa shape index (κ2) is 6.22. The van der Waals surface area contributed by atoms with Gasteiger partial charge in [0.05, 0.1) is 12.1 Å². The van der Waals surface area contributed by atoms with E-state index in [1.807, 2.05) is 25.7 Å².